The summed E-state index contributed by atoms with van der Waals surface area (Å²) in [5.74, 6) is -0.496. The van der Waals surface area contributed by atoms with Gasteiger partial charge in [-0.2, -0.15) is 0 Å². The van der Waals surface area contributed by atoms with E-state index < -0.39 is 24.4 Å². The molecule has 236 valence electrons. The maximum Gasteiger partial charge on any atom is 0.240 e. The van der Waals surface area contributed by atoms with Gasteiger partial charge in [0.2, 0.25) is 17.7 Å². The number of aliphatic hydroxyl groups excluding tert-OH is 2. The van der Waals surface area contributed by atoms with E-state index in [1.54, 1.807) is 4.90 Å². The van der Waals surface area contributed by atoms with Crippen LogP contribution in [0.1, 0.15) is 38.5 Å². The average molecular weight is 594 g/mol. The first-order valence-electron chi connectivity index (χ1n) is 15.8. The van der Waals surface area contributed by atoms with E-state index >= 15 is 0 Å². The summed E-state index contributed by atoms with van der Waals surface area (Å²) in [6.07, 6.45) is -1.01. The van der Waals surface area contributed by atoms with E-state index in [2.05, 4.69) is 22.2 Å². The fourth-order valence-corrected chi connectivity index (χ4v) is 7.71. The van der Waals surface area contributed by atoms with E-state index in [9.17, 15) is 24.6 Å². The normalized spacial score (nSPS) is 38.6. The van der Waals surface area contributed by atoms with Gasteiger partial charge >= 0.3 is 0 Å². The fraction of sp³-hybridized carbons (Fsp3) is 0.897. The molecule has 6 saturated heterocycles. The lowest BCUT2D eigenvalue weighted by Crippen LogP contribution is -2.57. The Morgan fingerprint density at radius 1 is 0.905 bits per heavy atom. The molecule has 0 aromatic carbocycles. The highest BCUT2D eigenvalue weighted by atomic mass is 16.5. The molecule has 0 unspecified atom stereocenters. The Labute approximate surface area is 247 Å². The Morgan fingerprint density at radius 2 is 1.64 bits per heavy atom. The summed E-state index contributed by atoms with van der Waals surface area (Å²) in [6, 6.07) is -0.267. The summed E-state index contributed by atoms with van der Waals surface area (Å²) in [5.41, 5.74) is 0. The third-order valence-electron chi connectivity index (χ3n) is 10.2. The summed E-state index contributed by atoms with van der Waals surface area (Å²) in [7, 11) is 2.11. The number of ether oxygens (including phenoxy) is 3. The standard InChI is InChI=1S/C29H47N5O8/c1-31-6-2-20(3-7-31)34-14-19-12-22(34)29(39)32-8-11-41-21(15-32)16-33(28(38)18-4-9-40-10-5-18)17-24-27(37)26(36)23(42-24)13-25(35)30-19/h18-24,26-27,36-37H,2-17H2,1H3,(H,30,35)/t19-,21-,22-,23-,24+,26-,27+/m0/s1. The Morgan fingerprint density at radius 3 is 2.40 bits per heavy atom. The van der Waals surface area contributed by atoms with E-state index in [-0.39, 0.29) is 67.4 Å². The number of hydrogen-bond donors (Lipinski definition) is 3. The molecule has 0 radical (unpaired) electrons. The molecule has 13 heteroatoms. The number of hydrogen-bond acceptors (Lipinski definition) is 10. The van der Waals surface area contributed by atoms with Gasteiger partial charge in [0, 0.05) is 63.9 Å². The number of morpholine rings is 1. The third-order valence-corrected chi connectivity index (χ3v) is 10.2. The lowest BCUT2D eigenvalue weighted by molar-refractivity contribution is -0.150. The molecule has 42 heavy (non-hydrogen) atoms. The lowest BCUT2D eigenvalue weighted by Gasteiger charge is -2.41. The first kappa shape index (κ1) is 30.2. The number of amides is 3. The molecule has 6 bridgehead atoms. The van der Waals surface area contributed by atoms with Gasteiger partial charge in [-0.05, 0) is 52.2 Å². The van der Waals surface area contributed by atoms with Gasteiger partial charge in [0.15, 0.2) is 0 Å². The number of nitrogens with one attached hydrogen (secondary N) is 1. The molecule has 6 rings (SSSR count). The van der Waals surface area contributed by atoms with Crippen LogP contribution in [0.25, 0.3) is 0 Å². The molecule has 0 aromatic rings. The number of likely N-dealkylation sites (tertiary alicyclic amines) is 2. The van der Waals surface area contributed by atoms with Crippen molar-refractivity contribution in [3.63, 3.8) is 0 Å². The van der Waals surface area contributed by atoms with Crippen LogP contribution >= 0.6 is 0 Å². The number of piperidine rings is 1. The summed E-state index contributed by atoms with van der Waals surface area (Å²) < 4.78 is 17.6. The first-order valence-corrected chi connectivity index (χ1v) is 15.8. The van der Waals surface area contributed by atoms with E-state index in [1.807, 2.05) is 4.90 Å². The molecule has 0 saturated carbocycles. The molecule has 0 aliphatic carbocycles. The maximum atomic E-state index is 14.1. The average Bonchev–Trinajstić information content (AvgIpc) is 3.52. The van der Waals surface area contributed by atoms with Crippen molar-refractivity contribution in [1.29, 1.82) is 0 Å². The topological polar surface area (TPSA) is 144 Å². The summed E-state index contributed by atoms with van der Waals surface area (Å²) >= 11 is 0. The van der Waals surface area contributed by atoms with Crippen LogP contribution in [0.5, 0.6) is 0 Å². The maximum absolute atomic E-state index is 14.1. The van der Waals surface area contributed by atoms with Crippen molar-refractivity contribution in [3.8, 4) is 0 Å². The minimum Gasteiger partial charge on any atom is -0.388 e. The van der Waals surface area contributed by atoms with Crippen molar-refractivity contribution in [2.45, 2.75) is 87.2 Å². The van der Waals surface area contributed by atoms with E-state index in [0.717, 1.165) is 25.9 Å². The minimum atomic E-state index is -1.24. The number of rotatable bonds is 2. The van der Waals surface area contributed by atoms with Crippen LogP contribution in [0.15, 0.2) is 0 Å². The zero-order chi connectivity index (χ0) is 29.4. The van der Waals surface area contributed by atoms with Crippen molar-refractivity contribution in [2.24, 2.45) is 5.92 Å². The van der Waals surface area contributed by atoms with Crippen LogP contribution in [0.2, 0.25) is 0 Å². The predicted octanol–water partition coefficient (Wildman–Crippen LogP) is -1.98. The molecule has 0 aromatic heterocycles. The molecular formula is C29H47N5O8. The second-order valence-electron chi connectivity index (χ2n) is 13.1. The monoisotopic (exact) mass is 593 g/mol. The Kier molecular flexibility index (Phi) is 9.34. The van der Waals surface area contributed by atoms with Crippen LogP contribution in [-0.4, -0.2) is 169 Å². The molecule has 3 amide bonds. The minimum absolute atomic E-state index is 0.0580. The molecule has 7 atom stereocenters. The second-order valence-corrected chi connectivity index (χ2v) is 13.1. The fourth-order valence-electron chi connectivity index (χ4n) is 7.71. The van der Waals surface area contributed by atoms with Gasteiger partial charge in [-0.25, -0.2) is 0 Å². The molecule has 6 heterocycles. The van der Waals surface area contributed by atoms with E-state index in [4.69, 9.17) is 14.2 Å². The smallest absolute Gasteiger partial charge is 0.240 e. The zero-order valence-electron chi connectivity index (χ0n) is 24.6. The molecule has 6 aliphatic rings. The summed E-state index contributed by atoms with van der Waals surface area (Å²) in [6.45, 7) is 5.10. The SMILES string of the molecule is CN1CCC(N2C[C@@H]3C[C@H]2C(=O)N2CCO[C@H](CN(C(=O)C4CCOCC4)C[C@H]4O[C@@H](CC(=O)N3)[C@H](O)[C@@H]4O)C2)CC1. The lowest BCUT2D eigenvalue weighted by atomic mass is 9.97. The molecule has 0 spiro atoms. The van der Waals surface area contributed by atoms with Gasteiger partial charge in [0.25, 0.3) is 0 Å². The molecule has 6 fully saturated rings. The largest absolute Gasteiger partial charge is 0.388 e. The van der Waals surface area contributed by atoms with Crippen molar-refractivity contribution in [1.82, 2.24) is 24.9 Å². The third kappa shape index (κ3) is 6.47. The van der Waals surface area contributed by atoms with Crippen molar-refractivity contribution >= 4 is 17.7 Å². The number of carbonyl (C=O) groups is 3. The highest BCUT2D eigenvalue weighted by Gasteiger charge is 2.47. The zero-order valence-corrected chi connectivity index (χ0v) is 24.6. The van der Waals surface area contributed by atoms with Crippen LogP contribution in [-0.2, 0) is 28.6 Å². The van der Waals surface area contributed by atoms with Crippen molar-refractivity contribution in [3.05, 3.63) is 0 Å². The van der Waals surface area contributed by atoms with Crippen LogP contribution in [0, 0.1) is 5.92 Å². The molecule has 3 N–H and O–H groups in total. The second kappa shape index (κ2) is 13.0. The van der Waals surface area contributed by atoms with Crippen molar-refractivity contribution < 1.29 is 38.8 Å². The van der Waals surface area contributed by atoms with E-state index in [0.29, 0.717) is 58.7 Å². The summed E-state index contributed by atoms with van der Waals surface area (Å²) in [5, 5.41) is 24.8. The first-order chi connectivity index (χ1) is 20.3. The van der Waals surface area contributed by atoms with Gasteiger partial charge in [0.1, 0.15) is 18.3 Å². The summed E-state index contributed by atoms with van der Waals surface area (Å²) in [4.78, 5) is 49.1. The molecule has 13 nitrogen and oxygen atoms in total. The van der Waals surface area contributed by atoms with Crippen LogP contribution < -0.4 is 5.32 Å². The van der Waals surface area contributed by atoms with Gasteiger partial charge in [0.05, 0.1) is 31.3 Å². The van der Waals surface area contributed by atoms with Gasteiger partial charge in [-0.3, -0.25) is 19.3 Å². The van der Waals surface area contributed by atoms with Crippen LogP contribution in [0.4, 0.5) is 0 Å². The van der Waals surface area contributed by atoms with Gasteiger partial charge in [-0.1, -0.05) is 0 Å². The Bertz CT molecular complexity index is 989. The highest BCUT2D eigenvalue weighted by Crippen LogP contribution is 2.30. The van der Waals surface area contributed by atoms with Crippen LogP contribution in [0.3, 0.4) is 0 Å². The van der Waals surface area contributed by atoms with Crippen molar-refractivity contribution in [2.75, 3.05) is 72.7 Å². The number of aliphatic hydroxyl groups is 2. The highest BCUT2D eigenvalue weighted by molar-refractivity contribution is 5.83. The number of fused-ring (bicyclic) bond motifs is 6. The molecule has 6 aliphatic heterocycles. The quantitative estimate of drug-likeness (QED) is 0.329. The number of nitrogens with zero attached hydrogens (tertiary/aromatic N) is 4. The Hall–Kier alpha value is -1.87. The predicted molar refractivity (Wildman–Crippen MR) is 149 cm³/mol. The van der Waals surface area contributed by atoms with Gasteiger partial charge in [-0.15, -0.1) is 0 Å². The Balaban J connectivity index is 1.26. The number of carbonyl (C=O) groups excluding carboxylic acids is 3. The van der Waals surface area contributed by atoms with E-state index in [1.165, 1.54) is 0 Å². The van der Waals surface area contributed by atoms with Gasteiger partial charge < -0.3 is 44.4 Å². The molecular weight excluding hydrogens is 546 g/mol.